The summed E-state index contributed by atoms with van der Waals surface area (Å²) in [4.78, 5) is 20.0. The summed E-state index contributed by atoms with van der Waals surface area (Å²) in [5.41, 5.74) is 18.5. The molecule has 2 aromatic carbocycles. The summed E-state index contributed by atoms with van der Waals surface area (Å²) in [5.74, 6) is 0.398. The number of hydrogen-bond donors (Lipinski definition) is 2. The summed E-state index contributed by atoms with van der Waals surface area (Å²) in [6, 6.07) is 20.0. The van der Waals surface area contributed by atoms with Crippen LogP contribution in [0.15, 0.2) is 65.9 Å². The SMILES string of the molecule is Cc1ccc(C2C3=C(CCCC3=O)N(c3ccccc3)c3nc(N)c(C#N)c(N)c32)cc1. The normalized spacial score (nSPS) is 17.6. The number of aromatic nitrogens is 1. The molecule has 2 aliphatic rings. The first-order valence-corrected chi connectivity index (χ1v) is 10.7. The number of pyridine rings is 1. The fourth-order valence-electron chi connectivity index (χ4n) is 4.82. The smallest absolute Gasteiger partial charge is 0.161 e. The number of carbonyl (C=O) groups excluding carboxylic acids is 1. The lowest BCUT2D eigenvalue weighted by molar-refractivity contribution is -0.116. The molecule has 1 atom stereocenters. The van der Waals surface area contributed by atoms with Crippen LogP contribution in [-0.2, 0) is 4.79 Å². The van der Waals surface area contributed by atoms with Crippen molar-refractivity contribution in [3.8, 4) is 6.07 Å². The number of aryl methyl sites for hydroxylation is 1. The summed E-state index contributed by atoms with van der Waals surface area (Å²) >= 11 is 0. The number of hydrogen-bond acceptors (Lipinski definition) is 6. The number of para-hydroxylation sites is 1. The van der Waals surface area contributed by atoms with Gasteiger partial charge in [-0.1, -0.05) is 48.0 Å². The Bertz CT molecular complexity index is 1300. The first kappa shape index (κ1) is 19.8. The molecule has 0 saturated heterocycles. The highest BCUT2D eigenvalue weighted by atomic mass is 16.1. The number of nitrogen functional groups attached to an aromatic ring is 2. The van der Waals surface area contributed by atoms with Gasteiger partial charge in [-0.3, -0.25) is 9.69 Å². The van der Waals surface area contributed by atoms with Crippen molar-refractivity contribution in [1.82, 2.24) is 4.98 Å². The monoisotopic (exact) mass is 421 g/mol. The zero-order valence-corrected chi connectivity index (χ0v) is 17.8. The van der Waals surface area contributed by atoms with Crippen molar-refractivity contribution in [3.05, 3.63) is 88.1 Å². The lowest BCUT2D eigenvalue weighted by Crippen LogP contribution is -2.34. The molecule has 4 N–H and O–H groups in total. The van der Waals surface area contributed by atoms with Crippen molar-refractivity contribution < 1.29 is 4.79 Å². The molecule has 0 amide bonds. The fraction of sp³-hybridized carbons (Fsp3) is 0.192. The minimum atomic E-state index is -0.395. The quantitative estimate of drug-likeness (QED) is 0.620. The van der Waals surface area contributed by atoms with Crippen LogP contribution in [0.4, 0.5) is 23.0 Å². The number of Topliss-reactive ketones (excluding diaryl/α,β-unsaturated/α-hetero) is 1. The number of nitriles is 1. The molecule has 6 heteroatoms. The minimum absolute atomic E-state index is 0.0959. The van der Waals surface area contributed by atoms with Crippen LogP contribution in [-0.4, -0.2) is 10.8 Å². The molecule has 0 spiro atoms. The van der Waals surface area contributed by atoms with Gasteiger partial charge in [0.25, 0.3) is 0 Å². The topological polar surface area (TPSA) is 109 Å². The summed E-state index contributed by atoms with van der Waals surface area (Å²) in [6.07, 6.45) is 2.02. The van der Waals surface area contributed by atoms with Gasteiger partial charge in [-0.15, -0.1) is 0 Å². The highest BCUT2D eigenvalue weighted by Crippen LogP contribution is 2.52. The molecule has 1 unspecified atom stereocenters. The highest BCUT2D eigenvalue weighted by Gasteiger charge is 2.42. The van der Waals surface area contributed by atoms with E-state index in [1.807, 2.05) is 66.4 Å². The fourth-order valence-corrected chi connectivity index (χ4v) is 4.82. The molecule has 3 aromatic rings. The third kappa shape index (κ3) is 2.94. The Kier molecular flexibility index (Phi) is 4.67. The lowest BCUT2D eigenvalue weighted by atomic mass is 9.74. The second kappa shape index (κ2) is 7.54. The van der Waals surface area contributed by atoms with Gasteiger partial charge in [0, 0.05) is 34.9 Å². The molecule has 0 radical (unpaired) electrons. The van der Waals surface area contributed by atoms with E-state index in [0.29, 0.717) is 17.8 Å². The number of nitrogens with two attached hydrogens (primary N) is 2. The number of anilines is 4. The van der Waals surface area contributed by atoms with Crippen molar-refractivity contribution in [1.29, 1.82) is 5.26 Å². The molecule has 2 heterocycles. The van der Waals surface area contributed by atoms with E-state index in [1.54, 1.807) is 0 Å². The molecule has 0 saturated carbocycles. The molecule has 32 heavy (non-hydrogen) atoms. The van der Waals surface area contributed by atoms with Crippen molar-refractivity contribution >= 4 is 28.8 Å². The second-order valence-electron chi connectivity index (χ2n) is 8.29. The van der Waals surface area contributed by atoms with Crippen molar-refractivity contribution in [2.75, 3.05) is 16.4 Å². The molecule has 5 rings (SSSR count). The Morgan fingerprint density at radius 2 is 1.78 bits per heavy atom. The van der Waals surface area contributed by atoms with Crippen molar-refractivity contribution in [3.63, 3.8) is 0 Å². The van der Waals surface area contributed by atoms with E-state index in [-0.39, 0.29) is 22.9 Å². The third-order valence-corrected chi connectivity index (χ3v) is 6.31. The van der Waals surface area contributed by atoms with Crippen LogP contribution in [0.25, 0.3) is 0 Å². The van der Waals surface area contributed by atoms with Gasteiger partial charge in [0.1, 0.15) is 23.3 Å². The summed E-state index contributed by atoms with van der Waals surface area (Å²) in [7, 11) is 0. The molecule has 1 aliphatic heterocycles. The maximum Gasteiger partial charge on any atom is 0.161 e. The number of carbonyl (C=O) groups is 1. The van der Waals surface area contributed by atoms with Gasteiger partial charge < -0.3 is 11.5 Å². The molecule has 0 bridgehead atoms. The number of ketones is 1. The molecule has 6 nitrogen and oxygen atoms in total. The minimum Gasteiger partial charge on any atom is -0.397 e. The number of allylic oxidation sites excluding steroid dienone is 2. The van der Waals surface area contributed by atoms with Crippen LogP contribution in [0.1, 0.15) is 47.4 Å². The van der Waals surface area contributed by atoms with Gasteiger partial charge in [-0.2, -0.15) is 5.26 Å². The van der Waals surface area contributed by atoms with E-state index < -0.39 is 5.92 Å². The lowest BCUT2D eigenvalue weighted by Gasteiger charge is -2.41. The summed E-state index contributed by atoms with van der Waals surface area (Å²) in [6.45, 7) is 2.02. The van der Waals surface area contributed by atoms with E-state index in [9.17, 15) is 10.1 Å². The predicted octanol–water partition coefficient (Wildman–Crippen LogP) is 4.72. The van der Waals surface area contributed by atoms with Gasteiger partial charge in [0.05, 0.1) is 5.69 Å². The second-order valence-corrected chi connectivity index (χ2v) is 8.29. The van der Waals surface area contributed by atoms with E-state index in [0.717, 1.165) is 40.9 Å². The van der Waals surface area contributed by atoms with E-state index in [2.05, 4.69) is 11.1 Å². The Hall–Kier alpha value is -4.11. The average Bonchev–Trinajstić information content (AvgIpc) is 2.79. The highest BCUT2D eigenvalue weighted by molar-refractivity contribution is 6.03. The zero-order chi connectivity index (χ0) is 22.4. The van der Waals surface area contributed by atoms with Gasteiger partial charge in [-0.25, -0.2) is 4.98 Å². The summed E-state index contributed by atoms with van der Waals surface area (Å²) < 4.78 is 0. The largest absolute Gasteiger partial charge is 0.397 e. The van der Waals surface area contributed by atoms with Gasteiger partial charge >= 0.3 is 0 Å². The van der Waals surface area contributed by atoms with Crippen molar-refractivity contribution in [2.24, 2.45) is 0 Å². The molecule has 1 aromatic heterocycles. The Morgan fingerprint density at radius 1 is 1.06 bits per heavy atom. The van der Waals surface area contributed by atoms with Crippen LogP contribution in [0, 0.1) is 18.3 Å². The number of fused-ring (bicyclic) bond motifs is 1. The standard InChI is InChI=1S/C26H23N5O/c1-15-10-12-16(13-11-15)21-22-19(8-5-9-20(22)32)31(17-6-3-2-4-7-17)26-23(21)24(28)18(14-27)25(29)30-26/h2-4,6-7,10-13,21H,5,8-9H2,1H3,(H4,28,29,30). The van der Waals surface area contributed by atoms with Gasteiger partial charge in [-0.05, 0) is 37.5 Å². The zero-order valence-electron chi connectivity index (χ0n) is 17.8. The number of nitrogens with zero attached hydrogens (tertiary/aromatic N) is 3. The van der Waals surface area contributed by atoms with E-state index >= 15 is 0 Å². The Labute approximate surface area is 186 Å². The van der Waals surface area contributed by atoms with Gasteiger partial charge in [0.2, 0.25) is 0 Å². The maximum absolute atomic E-state index is 13.4. The summed E-state index contributed by atoms with van der Waals surface area (Å²) in [5, 5.41) is 9.72. The van der Waals surface area contributed by atoms with Crippen LogP contribution < -0.4 is 16.4 Å². The molecule has 158 valence electrons. The van der Waals surface area contributed by atoms with E-state index in [1.165, 1.54) is 0 Å². The van der Waals surface area contributed by atoms with E-state index in [4.69, 9.17) is 11.5 Å². The first-order valence-electron chi connectivity index (χ1n) is 10.7. The molecular weight excluding hydrogens is 398 g/mol. The molecule has 0 fully saturated rings. The number of benzene rings is 2. The first-order chi connectivity index (χ1) is 15.5. The third-order valence-electron chi connectivity index (χ3n) is 6.31. The number of rotatable bonds is 2. The van der Waals surface area contributed by atoms with Gasteiger partial charge in [0.15, 0.2) is 5.78 Å². The van der Waals surface area contributed by atoms with Crippen LogP contribution in [0.5, 0.6) is 0 Å². The molecular formula is C26H23N5O. The Morgan fingerprint density at radius 3 is 2.47 bits per heavy atom. The van der Waals surface area contributed by atoms with Crippen LogP contribution in [0.3, 0.4) is 0 Å². The van der Waals surface area contributed by atoms with Crippen LogP contribution in [0.2, 0.25) is 0 Å². The Balaban J connectivity index is 1.89. The molecule has 1 aliphatic carbocycles. The van der Waals surface area contributed by atoms with Crippen LogP contribution >= 0.6 is 0 Å². The maximum atomic E-state index is 13.4. The van der Waals surface area contributed by atoms with Crippen molar-refractivity contribution in [2.45, 2.75) is 32.1 Å². The predicted molar refractivity (Wildman–Crippen MR) is 125 cm³/mol. The average molecular weight is 422 g/mol.